The van der Waals surface area contributed by atoms with Gasteiger partial charge < -0.3 is 10.4 Å². The number of thioether (sulfide) groups is 1. The highest BCUT2D eigenvalue weighted by atomic mass is 79.9. The van der Waals surface area contributed by atoms with Crippen molar-refractivity contribution in [2.45, 2.75) is 35.1 Å². The Balaban J connectivity index is 2.18. The molecule has 0 aliphatic rings. The zero-order chi connectivity index (χ0) is 17.9. The van der Waals surface area contributed by atoms with Gasteiger partial charge in [-0.2, -0.15) is 0 Å². The van der Waals surface area contributed by atoms with Crippen LogP contribution in [0.3, 0.4) is 0 Å². The molecule has 0 radical (unpaired) electrons. The zero-order valence-electron chi connectivity index (χ0n) is 13.3. The van der Waals surface area contributed by atoms with Crippen molar-refractivity contribution in [2.75, 3.05) is 5.32 Å². The first-order valence-electron chi connectivity index (χ1n) is 7.06. The van der Waals surface area contributed by atoms with Gasteiger partial charge >= 0.3 is 0 Å². The molecule has 0 fully saturated rings. The van der Waals surface area contributed by atoms with E-state index in [0.29, 0.717) is 10.8 Å². The maximum Gasteiger partial charge on any atom is 0.228 e. The standard InChI is InChI=1S/C15H19BrN4O2S2/c1-9(21)10(2)23-14-13(16)8-18-15(20-14)19-11-4-6-12(7-5-11)24(3,17)22/h4-10,21H,3H2,1-2H3,(H2,17,22)(H,18,19,20). The normalized spacial score (nSPS) is 16.2. The Morgan fingerprint density at radius 3 is 2.54 bits per heavy atom. The van der Waals surface area contributed by atoms with E-state index < -0.39 is 15.8 Å². The molecule has 6 nitrogen and oxygen atoms in total. The molecule has 0 saturated heterocycles. The lowest BCUT2D eigenvalue weighted by Gasteiger charge is -2.15. The van der Waals surface area contributed by atoms with Crippen LogP contribution in [-0.4, -0.2) is 36.5 Å². The maximum atomic E-state index is 11.7. The van der Waals surface area contributed by atoms with Crippen LogP contribution in [0.25, 0.3) is 0 Å². The number of hydrogen-bond donors (Lipinski definition) is 3. The van der Waals surface area contributed by atoms with E-state index >= 15 is 0 Å². The van der Waals surface area contributed by atoms with Crippen molar-refractivity contribution in [1.82, 2.24) is 9.97 Å². The van der Waals surface area contributed by atoms with Crippen LogP contribution < -0.4 is 10.5 Å². The first-order valence-corrected chi connectivity index (χ1v) is 10.5. The van der Waals surface area contributed by atoms with Crippen LogP contribution in [0.5, 0.6) is 0 Å². The van der Waals surface area contributed by atoms with Crippen LogP contribution >= 0.6 is 27.7 Å². The molecule has 1 aromatic carbocycles. The summed E-state index contributed by atoms with van der Waals surface area (Å²) in [5.41, 5.74) is 0.740. The number of hydrogen-bond acceptors (Lipinski definition) is 6. The number of nitrogens with zero attached hydrogens (tertiary/aromatic N) is 2. The monoisotopic (exact) mass is 430 g/mol. The summed E-state index contributed by atoms with van der Waals surface area (Å²) in [4.78, 5) is 9.15. The average molecular weight is 431 g/mol. The molecule has 0 aliphatic carbocycles. The van der Waals surface area contributed by atoms with E-state index in [1.165, 1.54) is 11.8 Å². The van der Waals surface area contributed by atoms with Crippen molar-refractivity contribution in [3.05, 3.63) is 34.9 Å². The molecule has 9 heteroatoms. The lowest BCUT2D eigenvalue weighted by molar-refractivity contribution is 0.196. The van der Waals surface area contributed by atoms with E-state index in [4.69, 9.17) is 5.14 Å². The Labute approximate surface area is 154 Å². The van der Waals surface area contributed by atoms with Crippen LogP contribution in [-0.2, 0) is 9.71 Å². The Morgan fingerprint density at radius 1 is 1.38 bits per heavy atom. The molecule has 130 valence electrons. The minimum Gasteiger partial charge on any atom is -0.392 e. The van der Waals surface area contributed by atoms with E-state index in [0.717, 1.165) is 15.2 Å². The maximum absolute atomic E-state index is 11.7. The fourth-order valence-corrected chi connectivity index (χ4v) is 3.59. The summed E-state index contributed by atoms with van der Waals surface area (Å²) in [5, 5.41) is 19.0. The Bertz CT molecular complexity index is 811. The Kier molecular flexibility index (Phi) is 6.27. The first-order chi connectivity index (χ1) is 11.2. The second-order valence-electron chi connectivity index (χ2n) is 5.29. The van der Waals surface area contributed by atoms with Crippen molar-refractivity contribution in [3.63, 3.8) is 0 Å². The van der Waals surface area contributed by atoms with Gasteiger partial charge in [0.05, 0.1) is 20.3 Å². The molecular formula is C15H19BrN4O2S2. The quantitative estimate of drug-likeness (QED) is 0.370. The van der Waals surface area contributed by atoms with E-state index in [1.807, 2.05) is 6.92 Å². The lowest BCUT2D eigenvalue weighted by Crippen LogP contribution is -2.15. The van der Waals surface area contributed by atoms with E-state index in [1.54, 1.807) is 37.4 Å². The number of halogens is 1. The van der Waals surface area contributed by atoms with Gasteiger partial charge in [0.1, 0.15) is 5.03 Å². The van der Waals surface area contributed by atoms with Crippen molar-refractivity contribution in [1.29, 1.82) is 0 Å². The molecule has 3 unspecified atom stereocenters. The summed E-state index contributed by atoms with van der Waals surface area (Å²) in [7, 11) is -2.72. The lowest BCUT2D eigenvalue weighted by atomic mass is 10.3. The second kappa shape index (κ2) is 7.83. The molecule has 0 bridgehead atoms. The summed E-state index contributed by atoms with van der Waals surface area (Å²) in [6.45, 7) is 3.67. The molecule has 1 heterocycles. The highest BCUT2D eigenvalue weighted by molar-refractivity contribution is 9.10. The third kappa shape index (κ3) is 5.18. The number of nitrogens with one attached hydrogen (secondary N) is 1. The van der Waals surface area contributed by atoms with Gasteiger partial charge in [0, 0.05) is 22.0 Å². The van der Waals surface area contributed by atoms with Crippen LogP contribution in [0, 0.1) is 0 Å². The SMILES string of the molecule is C=S(N)(=O)c1ccc(Nc2ncc(Br)c(SC(C)C(C)O)n2)cc1. The molecule has 0 amide bonds. The van der Waals surface area contributed by atoms with Gasteiger partial charge in [0.15, 0.2) is 0 Å². The van der Waals surface area contributed by atoms with Gasteiger partial charge in [0.25, 0.3) is 0 Å². The number of aromatic nitrogens is 2. The fraction of sp³-hybridized carbons (Fsp3) is 0.267. The largest absolute Gasteiger partial charge is 0.392 e. The minimum absolute atomic E-state index is 0.00176. The first kappa shape index (κ1) is 19.2. The molecule has 4 N–H and O–H groups in total. The van der Waals surface area contributed by atoms with Gasteiger partial charge in [-0.25, -0.2) is 14.2 Å². The van der Waals surface area contributed by atoms with Crippen molar-refractivity contribution < 1.29 is 9.32 Å². The molecule has 0 spiro atoms. The number of nitrogens with two attached hydrogens (primary N) is 1. The minimum atomic E-state index is -2.72. The van der Waals surface area contributed by atoms with E-state index in [2.05, 4.69) is 37.1 Å². The van der Waals surface area contributed by atoms with Gasteiger partial charge in [-0.15, -0.1) is 0 Å². The molecule has 1 aromatic heterocycles. The number of aliphatic hydroxyl groups excluding tert-OH is 1. The van der Waals surface area contributed by atoms with Gasteiger partial charge in [-0.1, -0.05) is 18.7 Å². The van der Waals surface area contributed by atoms with Crippen LogP contribution in [0.15, 0.2) is 44.9 Å². The number of benzene rings is 1. The molecule has 2 aromatic rings. The summed E-state index contributed by atoms with van der Waals surface area (Å²) in [6, 6.07) is 6.79. The van der Waals surface area contributed by atoms with Crippen molar-refractivity contribution >= 4 is 54.9 Å². The van der Waals surface area contributed by atoms with Crippen molar-refractivity contribution in [3.8, 4) is 0 Å². The fourth-order valence-electron chi connectivity index (χ4n) is 1.67. The summed E-state index contributed by atoms with van der Waals surface area (Å²) >= 11 is 4.87. The van der Waals surface area contributed by atoms with Crippen LogP contribution in [0.2, 0.25) is 0 Å². The number of rotatable bonds is 6. The van der Waals surface area contributed by atoms with Crippen LogP contribution in [0.4, 0.5) is 11.6 Å². The van der Waals surface area contributed by atoms with E-state index in [9.17, 15) is 9.32 Å². The smallest absolute Gasteiger partial charge is 0.228 e. The van der Waals surface area contributed by atoms with Gasteiger partial charge in [0.2, 0.25) is 5.95 Å². The van der Waals surface area contributed by atoms with Gasteiger partial charge in [-0.3, -0.25) is 5.14 Å². The second-order valence-corrected chi connectivity index (χ2v) is 9.43. The van der Waals surface area contributed by atoms with Crippen molar-refractivity contribution in [2.24, 2.45) is 5.14 Å². The van der Waals surface area contributed by atoms with E-state index in [-0.39, 0.29) is 5.25 Å². The molecule has 24 heavy (non-hydrogen) atoms. The number of aliphatic hydroxyl groups is 1. The Hall–Kier alpha value is -1.13. The predicted octanol–water partition coefficient (Wildman–Crippen LogP) is 2.79. The summed E-state index contributed by atoms with van der Waals surface area (Å²) in [6.07, 6.45) is 1.21. The number of anilines is 2. The molecule has 3 atom stereocenters. The van der Waals surface area contributed by atoms with Gasteiger partial charge in [-0.05, 0) is 53.0 Å². The molecular weight excluding hydrogens is 412 g/mol. The highest BCUT2D eigenvalue weighted by Crippen LogP contribution is 2.31. The zero-order valence-corrected chi connectivity index (χ0v) is 16.5. The third-order valence-electron chi connectivity index (χ3n) is 3.20. The molecule has 2 rings (SSSR count). The molecule has 0 saturated carbocycles. The predicted molar refractivity (Wildman–Crippen MR) is 104 cm³/mol. The van der Waals surface area contributed by atoms with Crippen LogP contribution in [0.1, 0.15) is 13.8 Å². The topological polar surface area (TPSA) is 101 Å². The Morgan fingerprint density at radius 2 is 2.00 bits per heavy atom. The third-order valence-corrected chi connectivity index (χ3v) is 6.41. The molecule has 0 aliphatic heterocycles. The summed E-state index contributed by atoms with van der Waals surface area (Å²) in [5.74, 6) is 3.87. The summed E-state index contributed by atoms with van der Waals surface area (Å²) < 4.78 is 12.5. The highest BCUT2D eigenvalue weighted by Gasteiger charge is 2.15. The average Bonchev–Trinajstić information content (AvgIpc) is 2.50.